The summed E-state index contributed by atoms with van der Waals surface area (Å²) in [6, 6.07) is 11.0. The molecule has 25 heavy (non-hydrogen) atoms. The van der Waals surface area contributed by atoms with E-state index in [1.165, 1.54) is 0 Å². The first-order valence-electron chi connectivity index (χ1n) is 8.43. The van der Waals surface area contributed by atoms with Gasteiger partial charge < -0.3 is 20.5 Å². The molecule has 2 aromatic rings. The summed E-state index contributed by atoms with van der Waals surface area (Å²) < 4.78 is 10.9. The second kappa shape index (κ2) is 7.53. The van der Waals surface area contributed by atoms with Crippen molar-refractivity contribution in [3.8, 4) is 17.4 Å². The summed E-state index contributed by atoms with van der Waals surface area (Å²) >= 11 is 0. The molecule has 3 rings (SSSR count). The zero-order valence-corrected chi connectivity index (χ0v) is 14.3. The van der Waals surface area contributed by atoms with Gasteiger partial charge in [0.25, 0.3) is 0 Å². The molecule has 1 saturated carbocycles. The molecule has 3 N–H and O–H groups in total. The lowest BCUT2D eigenvalue weighted by atomic mass is 9.98. The predicted molar refractivity (Wildman–Crippen MR) is 94.5 cm³/mol. The van der Waals surface area contributed by atoms with Gasteiger partial charge in [0.1, 0.15) is 11.5 Å². The summed E-state index contributed by atoms with van der Waals surface area (Å²) in [4.78, 5) is 16.5. The zero-order valence-electron chi connectivity index (χ0n) is 14.3. The molecule has 6 heteroatoms. The van der Waals surface area contributed by atoms with Crippen LogP contribution in [0.2, 0.25) is 0 Å². The number of methoxy groups -OCH3 is 1. The molecule has 1 aliphatic carbocycles. The minimum atomic E-state index is -0.706. The smallest absolute Gasteiger partial charge is 0.240 e. The van der Waals surface area contributed by atoms with E-state index in [-0.39, 0.29) is 5.91 Å². The lowest BCUT2D eigenvalue weighted by molar-refractivity contribution is -0.126. The average Bonchev–Trinajstić information content (AvgIpc) is 3.09. The number of carbonyl (C=O) groups excluding carboxylic acids is 1. The quantitative estimate of drug-likeness (QED) is 0.844. The first kappa shape index (κ1) is 17.2. The van der Waals surface area contributed by atoms with Crippen LogP contribution in [0.3, 0.4) is 0 Å². The number of rotatable bonds is 6. The second-order valence-corrected chi connectivity index (χ2v) is 6.33. The lowest BCUT2D eigenvalue weighted by Crippen LogP contribution is -2.51. The van der Waals surface area contributed by atoms with Crippen molar-refractivity contribution in [2.24, 2.45) is 5.73 Å². The molecule has 132 valence electrons. The van der Waals surface area contributed by atoms with Crippen LogP contribution in [-0.4, -0.2) is 23.5 Å². The third-order valence-electron chi connectivity index (χ3n) is 4.46. The number of carbonyl (C=O) groups is 1. The van der Waals surface area contributed by atoms with Crippen molar-refractivity contribution < 1.29 is 14.3 Å². The number of hydrogen-bond donors (Lipinski definition) is 2. The molecule has 0 atom stereocenters. The maximum Gasteiger partial charge on any atom is 0.240 e. The van der Waals surface area contributed by atoms with E-state index >= 15 is 0 Å². The SMILES string of the molecule is COc1cccc(Oc2ccc(CNC(=O)C3(N)CCCC3)cn2)c1. The van der Waals surface area contributed by atoms with Crippen molar-refractivity contribution in [2.45, 2.75) is 37.8 Å². The number of pyridine rings is 1. The van der Waals surface area contributed by atoms with E-state index < -0.39 is 5.54 Å². The Morgan fingerprint density at radius 3 is 2.68 bits per heavy atom. The molecule has 1 amide bonds. The van der Waals surface area contributed by atoms with Crippen LogP contribution in [0, 0.1) is 0 Å². The van der Waals surface area contributed by atoms with Gasteiger partial charge in [0, 0.05) is 24.9 Å². The van der Waals surface area contributed by atoms with Gasteiger partial charge in [-0.3, -0.25) is 4.79 Å². The van der Waals surface area contributed by atoms with Gasteiger partial charge in [0.05, 0.1) is 12.6 Å². The normalized spacial score (nSPS) is 15.6. The van der Waals surface area contributed by atoms with Gasteiger partial charge in [-0.15, -0.1) is 0 Å². The summed E-state index contributed by atoms with van der Waals surface area (Å²) in [7, 11) is 1.61. The fourth-order valence-electron chi connectivity index (χ4n) is 2.95. The van der Waals surface area contributed by atoms with Crippen LogP contribution >= 0.6 is 0 Å². The monoisotopic (exact) mass is 341 g/mol. The number of amides is 1. The number of nitrogens with two attached hydrogens (primary N) is 1. The van der Waals surface area contributed by atoms with Crippen LogP contribution in [0.1, 0.15) is 31.2 Å². The Hall–Kier alpha value is -2.60. The van der Waals surface area contributed by atoms with Gasteiger partial charge in [-0.1, -0.05) is 25.0 Å². The van der Waals surface area contributed by atoms with Crippen molar-refractivity contribution in [3.05, 3.63) is 48.2 Å². The lowest BCUT2D eigenvalue weighted by Gasteiger charge is -2.22. The first-order valence-corrected chi connectivity index (χ1v) is 8.43. The molecule has 1 aliphatic rings. The highest BCUT2D eigenvalue weighted by Gasteiger charge is 2.36. The van der Waals surface area contributed by atoms with Gasteiger partial charge >= 0.3 is 0 Å². The van der Waals surface area contributed by atoms with Crippen LogP contribution in [0.15, 0.2) is 42.6 Å². The van der Waals surface area contributed by atoms with Crippen LogP contribution in [0.4, 0.5) is 0 Å². The highest BCUT2D eigenvalue weighted by Crippen LogP contribution is 2.27. The van der Waals surface area contributed by atoms with E-state index in [9.17, 15) is 4.79 Å². The van der Waals surface area contributed by atoms with Crippen molar-refractivity contribution in [3.63, 3.8) is 0 Å². The summed E-state index contributed by atoms with van der Waals surface area (Å²) in [6.07, 6.45) is 5.23. The maximum absolute atomic E-state index is 12.2. The second-order valence-electron chi connectivity index (χ2n) is 6.33. The molecule has 6 nitrogen and oxygen atoms in total. The summed E-state index contributed by atoms with van der Waals surface area (Å²) in [5.41, 5.74) is 6.33. The van der Waals surface area contributed by atoms with Gasteiger partial charge in [-0.25, -0.2) is 4.98 Å². The Morgan fingerprint density at radius 1 is 1.24 bits per heavy atom. The number of benzene rings is 1. The van der Waals surface area contributed by atoms with Gasteiger partial charge in [0.2, 0.25) is 11.8 Å². The van der Waals surface area contributed by atoms with Crippen LogP contribution in [-0.2, 0) is 11.3 Å². The standard InChI is InChI=1S/C19H23N3O3/c1-24-15-5-4-6-16(11-15)25-17-8-7-14(12-21-17)13-22-18(23)19(20)9-2-3-10-19/h4-8,11-12H,2-3,9-10,13,20H2,1H3,(H,22,23). The van der Waals surface area contributed by atoms with Crippen LogP contribution < -0.4 is 20.5 Å². The molecule has 0 aliphatic heterocycles. The van der Waals surface area contributed by atoms with Gasteiger partial charge in [-0.2, -0.15) is 0 Å². The van der Waals surface area contributed by atoms with Crippen LogP contribution in [0.5, 0.6) is 17.4 Å². The minimum Gasteiger partial charge on any atom is -0.497 e. The first-order chi connectivity index (χ1) is 12.1. The molecule has 1 heterocycles. The zero-order chi connectivity index (χ0) is 17.7. The molecule has 1 aromatic carbocycles. The Labute approximate surface area is 147 Å². The molecule has 0 saturated heterocycles. The van der Waals surface area contributed by atoms with E-state index in [2.05, 4.69) is 10.3 Å². The van der Waals surface area contributed by atoms with Crippen molar-refractivity contribution >= 4 is 5.91 Å². The topological polar surface area (TPSA) is 86.5 Å². The Balaban J connectivity index is 1.56. The highest BCUT2D eigenvalue weighted by atomic mass is 16.5. The number of aromatic nitrogens is 1. The molecular formula is C19H23N3O3. The Kier molecular flexibility index (Phi) is 5.19. The maximum atomic E-state index is 12.2. The Bertz CT molecular complexity index is 725. The number of nitrogens with zero attached hydrogens (tertiary/aromatic N) is 1. The molecule has 0 radical (unpaired) electrons. The van der Waals surface area contributed by atoms with Crippen molar-refractivity contribution in [1.82, 2.24) is 10.3 Å². The van der Waals surface area contributed by atoms with E-state index in [4.69, 9.17) is 15.2 Å². The van der Waals surface area contributed by atoms with E-state index in [1.54, 1.807) is 25.4 Å². The number of ether oxygens (including phenoxy) is 2. The van der Waals surface area contributed by atoms with Gasteiger partial charge in [-0.05, 0) is 30.5 Å². The van der Waals surface area contributed by atoms with Crippen molar-refractivity contribution in [2.75, 3.05) is 7.11 Å². The fraction of sp³-hybridized carbons (Fsp3) is 0.368. The molecule has 0 bridgehead atoms. The summed E-state index contributed by atoms with van der Waals surface area (Å²) in [5.74, 6) is 1.77. The van der Waals surface area contributed by atoms with E-state index in [0.717, 1.165) is 37.0 Å². The molecule has 0 unspecified atom stereocenters. The van der Waals surface area contributed by atoms with E-state index in [1.807, 2.05) is 24.3 Å². The average molecular weight is 341 g/mol. The molecular weight excluding hydrogens is 318 g/mol. The molecule has 1 aromatic heterocycles. The number of nitrogens with one attached hydrogen (secondary N) is 1. The van der Waals surface area contributed by atoms with Crippen molar-refractivity contribution in [1.29, 1.82) is 0 Å². The van der Waals surface area contributed by atoms with E-state index in [0.29, 0.717) is 18.2 Å². The summed E-state index contributed by atoms with van der Waals surface area (Å²) in [6.45, 7) is 0.407. The third-order valence-corrected chi connectivity index (χ3v) is 4.46. The van der Waals surface area contributed by atoms with Gasteiger partial charge in [0.15, 0.2) is 0 Å². The highest BCUT2D eigenvalue weighted by molar-refractivity contribution is 5.86. The predicted octanol–water partition coefficient (Wildman–Crippen LogP) is 2.77. The number of hydrogen-bond acceptors (Lipinski definition) is 5. The molecule has 0 spiro atoms. The molecule has 1 fully saturated rings. The largest absolute Gasteiger partial charge is 0.497 e. The minimum absolute atomic E-state index is 0.0818. The third kappa shape index (κ3) is 4.28. The van der Waals surface area contributed by atoms with Crippen LogP contribution in [0.25, 0.3) is 0 Å². The fourth-order valence-corrected chi connectivity index (χ4v) is 2.95. The summed E-state index contributed by atoms with van der Waals surface area (Å²) in [5, 5.41) is 2.90. The Morgan fingerprint density at radius 2 is 2.00 bits per heavy atom.